The molecule has 0 aromatic heterocycles. The predicted molar refractivity (Wildman–Crippen MR) is 73.8 cm³/mol. The van der Waals surface area contributed by atoms with Crippen LogP contribution in [0.25, 0.3) is 0 Å². The molecule has 7 unspecified atom stereocenters. The summed E-state index contributed by atoms with van der Waals surface area (Å²) in [6.07, 6.45) is 9.45. The highest BCUT2D eigenvalue weighted by molar-refractivity contribution is 5.13. The summed E-state index contributed by atoms with van der Waals surface area (Å²) in [4.78, 5) is 0. The number of fused-ring (bicyclic) bond motifs is 9. The van der Waals surface area contributed by atoms with Crippen LogP contribution in [-0.2, 0) is 0 Å². The van der Waals surface area contributed by atoms with Crippen LogP contribution in [0.5, 0.6) is 0 Å². The standard InChI is InChI=1S/C15H24.C2H6/c1-3-15(2)8-11-7-12(15)14-10-5-4-9(6-10)13(11)14;1-2/h9-14H,3-8H2,1-2H3;1-2H3. The fourth-order valence-electron chi connectivity index (χ4n) is 6.44. The van der Waals surface area contributed by atoms with Gasteiger partial charge in [-0.1, -0.05) is 34.1 Å². The average Bonchev–Trinajstić information content (AvgIpc) is 3.08. The third-order valence-electron chi connectivity index (χ3n) is 7.04. The van der Waals surface area contributed by atoms with Gasteiger partial charge < -0.3 is 0 Å². The number of rotatable bonds is 1. The molecule has 0 aromatic rings. The maximum atomic E-state index is 2.60. The highest BCUT2D eigenvalue weighted by atomic mass is 14.7. The highest BCUT2D eigenvalue weighted by Gasteiger charge is 2.64. The van der Waals surface area contributed by atoms with E-state index in [4.69, 9.17) is 0 Å². The first kappa shape index (κ1) is 12.1. The van der Waals surface area contributed by atoms with Crippen molar-refractivity contribution in [2.24, 2.45) is 40.9 Å². The van der Waals surface area contributed by atoms with Gasteiger partial charge in [-0.15, -0.1) is 0 Å². The smallest absolute Gasteiger partial charge is 0.0294 e. The number of hydrogen-bond donors (Lipinski definition) is 0. The molecule has 0 nitrogen and oxygen atoms in total. The van der Waals surface area contributed by atoms with Crippen molar-refractivity contribution in [2.75, 3.05) is 0 Å². The quantitative estimate of drug-likeness (QED) is 0.552. The molecule has 0 aromatic carbocycles. The molecule has 0 aliphatic heterocycles. The second-order valence-electron chi connectivity index (χ2n) is 7.30. The first-order valence-corrected chi connectivity index (χ1v) is 8.23. The van der Waals surface area contributed by atoms with Crippen LogP contribution in [0.15, 0.2) is 0 Å². The van der Waals surface area contributed by atoms with Gasteiger partial charge in [-0.25, -0.2) is 0 Å². The molecular weight excluding hydrogens is 204 g/mol. The van der Waals surface area contributed by atoms with Crippen LogP contribution in [-0.4, -0.2) is 0 Å². The van der Waals surface area contributed by atoms with Gasteiger partial charge in [-0.3, -0.25) is 0 Å². The molecular formula is C17H30. The Morgan fingerprint density at radius 1 is 0.941 bits per heavy atom. The summed E-state index contributed by atoms with van der Waals surface area (Å²) in [6, 6.07) is 0. The summed E-state index contributed by atoms with van der Waals surface area (Å²) in [7, 11) is 0. The molecule has 4 bridgehead atoms. The van der Waals surface area contributed by atoms with E-state index in [9.17, 15) is 0 Å². The Morgan fingerprint density at radius 3 is 2.24 bits per heavy atom. The molecule has 4 saturated carbocycles. The van der Waals surface area contributed by atoms with Crippen molar-refractivity contribution in [1.82, 2.24) is 0 Å². The van der Waals surface area contributed by atoms with Gasteiger partial charge in [0.2, 0.25) is 0 Å². The second-order valence-corrected chi connectivity index (χ2v) is 7.30. The topological polar surface area (TPSA) is 0 Å². The lowest BCUT2D eigenvalue weighted by Gasteiger charge is -2.44. The lowest BCUT2D eigenvalue weighted by molar-refractivity contribution is 0.0436. The van der Waals surface area contributed by atoms with Crippen molar-refractivity contribution in [3.63, 3.8) is 0 Å². The van der Waals surface area contributed by atoms with Gasteiger partial charge >= 0.3 is 0 Å². The van der Waals surface area contributed by atoms with Crippen LogP contribution in [0, 0.1) is 40.9 Å². The minimum atomic E-state index is 0.746. The zero-order valence-corrected chi connectivity index (χ0v) is 12.2. The maximum absolute atomic E-state index is 2.60. The van der Waals surface area contributed by atoms with Gasteiger partial charge in [0, 0.05) is 0 Å². The monoisotopic (exact) mass is 234 g/mol. The van der Waals surface area contributed by atoms with Crippen LogP contribution in [0.1, 0.15) is 66.2 Å². The second kappa shape index (κ2) is 4.00. The summed E-state index contributed by atoms with van der Waals surface area (Å²) in [5.41, 5.74) is 0.746. The van der Waals surface area contributed by atoms with Gasteiger partial charge in [-0.05, 0) is 73.0 Å². The molecule has 4 aliphatic carbocycles. The molecule has 17 heavy (non-hydrogen) atoms. The largest absolute Gasteiger partial charge is 0.0683 e. The molecule has 0 radical (unpaired) electrons. The van der Waals surface area contributed by atoms with Gasteiger partial charge in [0.1, 0.15) is 0 Å². The van der Waals surface area contributed by atoms with Crippen LogP contribution >= 0.6 is 0 Å². The van der Waals surface area contributed by atoms with Gasteiger partial charge in [0.15, 0.2) is 0 Å². The molecule has 0 N–H and O–H groups in total. The number of hydrogen-bond acceptors (Lipinski definition) is 0. The Kier molecular flexibility index (Phi) is 2.84. The van der Waals surface area contributed by atoms with Crippen LogP contribution < -0.4 is 0 Å². The van der Waals surface area contributed by atoms with Crippen molar-refractivity contribution in [3.8, 4) is 0 Å². The van der Waals surface area contributed by atoms with Crippen molar-refractivity contribution < 1.29 is 0 Å². The molecule has 0 amide bonds. The van der Waals surface area contributed by atoms with Crippen LogP contribution in [0.3, 0.4) is 0 Å². The van der Waals surface area contributed by atoms with Crippen molar-refractivity contribution in [1.29, 1.82) is 0 Å². The summed E-state index contributed by atoms with van der Waals surface area (Å²) in [6.45, 7) is 9.03. The molecule has 98 valence electrons. The lowest BCUT2D eigenvalue weighted by Crippen LogP contribution is -2.37. The zero-order valence-electron chi connectivity index (χ0n) is 12.2. The minimum Gasteiger partial charge on any atom is -0.0683 e. The van der Waals surface area contributed by atoms with E-state index < -0.39 is 0 Å². The average molecular weight is 234 g/mol. The van der Waals surface area contributed by atoms with E-state index in [1.54, 1.807) is 32.1 Å². The SMILES string of the molecule is CC.CCC1(C)CC2CC1C1C3CCC(C3)C21. The highest BCUT2D eigenvalue weighted by Crippen LogP contribution is 2.72. The Labute approximate surface area is 108 Å². The van der Waals surface area contributed by atoms with Gasteiger partial charge in [-0.2, -0.15) is 0 Å². The fraction of sp³-hybridized carbons (Fsp3) is 1.00. The van der Waals surface area contributed by atoms with E-state index in [2.05, 4.69) is 13.8 Å². The molecule has 0 heteroatoms. The lowest BCUT2D eigenvalue weighted by atomic mass is 9.61. The van der Waals surface area contributed by atoms with Gasteiger partial charge in [0.05, 0.1) is 0 Å². The normalized spacial score (nSPS) is 57.9. The summed E-state index contributed by atoms with van der Waals surface area (Å²) in [5, 5.41) is 0. The van der Waals surface area contributed by atoms with E-state index in [0.717, 1.165) is 17.3 Å². The van der Waals surface area contributed by atoms with Crippen LogP contribution in [0.4, 0.5) is 0 Å². The summed E-state index contributed by atoms with van der Waals surface area (Å²) < 4.78 is 0. The Morgan fingerprint density at radius 2 is 1.59 bits per heavy atom. The van der Waals surface area contributed by atoms with E-state index >= 15 is 0 Å². The first-order valence-electron chi connectivity index (χ1n) is 8.23. The van der Waals surface area contributed by atoms with Crippen molar-refractivity contribution in [3.05, 3.63) is 0 Å². The van der Waals surface area contributed by atoms with E-state index in [1.165, 1.54) is 30.1 Å². The summed E-state index contributed by atoms with van der Waals surface area (Å²) in [5.74, 6) is 7.02. The molecule has 0 saturated heterocycles. The Hall–Kier alpha value is 0. The van der Waals surface area contributed by atoms with Crippen molar-refractivity contribution in [2.45, 2.75) is 66.2 Å². The fourth-order valence-corrected chi connectivity index (χ4v) is 6.44. The molecule has 4 aliphatic rings. The summed E-state index contributed by atoms with van der Waals surface area (Å²) >= 11 is 0. The van der Waals surface area contributed by atoms with Gasteiger partial charge in [0.25, 0.3) is 0 Å². The predicted octanol–water partition coefficient (Wildman–Crippen LogP) is 5.13. The minimum absolute atomic E-state index is 0.746. The molecule has 0 spiro atoms. The molecule has 7 atom stereocenters. The molecule has 4 rings (SSSR count). The van der Waals surface area contributed by atoms with E-state index in [-0.39, 0.29) is 0 Å². The Balaban J connectivity index is 0.000000431. The maximum Gasteiger partial charge on any atom is -0.0294 e. The van der Waals surface area contributed by atoms with E-state index in [1.807, 2.05) is 13.8 Å². The third kappa shape index (κ3) is 1.42. The van der Waals surface area contributed by atoms with Crippen LogP contribution in [0.2, 0.25) is 0 Å². The molecule has 0 heterocycles. The van der Waals surface area contributed by atoms with E-state index in [0.29, 0.717) is 0 Å². The molecule has 4 fully saturated rings. The zero-order chi connectivity index (χ0) is 12.2. The Bertz CT molecular complexity index is 294. The third-order valence-corrected chi connectivity index (χ3v) is 7.04. The van der Waals surface area contributed by atoms with Crippen molar-refractivity contribution >= 4 is 0 Å². The first-order chi connectivity index (χ1) is 8.23.